The number of aromatic amines is 1. The van der Waals surface area contributed by atoms with Crippen LogP contribution < -0.4 is 10.1 Å². The zero-order chi connectivity index (χ0) is 13.0. The lowest BCUT2D eigenvalue weighted by molar-refractivity contribution is 0.415. The summed E-state index contributed by atoms with van der Waals surface area (Å²) >= 11 is 0. The molecule has 0 spiro atoms. The zero-order valence-corrected chi connectivity index (χ0v) is 11.3. The Labute approximate surface area is 108 Å². The largest absolute Gasteiger partial charge is 0.497 e. The van der Waals surface area contributed by atoms with Gasteiger partial charge in [-0.2, -0.15) is 0 Å². The monoisotopic (exact) mass is 247 g/mol. The minimum Gasteiger partial charge on any atom is -0.497 e. The van der Waals surface area contributed by atoms with Crippen molar-refractivity contribution in [1.29, 1.82) is 0 Å². The van der Waals surface area contributed by atoms with Gasteiger partial charge in [0.25, 0.3) is 0 Å². The number of imidazole rings is 1. The van der Waals surface area contributed by atoms with Crippen molar-refractivity contribution < 1.29 is 4.74 Å². The average Bonchev–Trinajstić information content (AvgIpc) is 2.81. The van der Waals surface area contributed by atoms with Crippen molar-refractivity contribution in [3.05, 3.63) is 24.0 Å². The molecule has 0 unspecified atom stereocenters. The quantitative estimate of drug-likeness (QED) is 0.825. The molecular weight excluding hydrogens is 226 g/mol. The number of fused-ring (bicyclic) bond motifs is 1. The third-order valence-corrected chi connectivity index (χ3v) is 3.28. The van der Waals surface area contributed by atoms with E-state index in [4.69, 9.17) is 4.74 Å². The standard InChI is InChI=1S/C14H21N3O/c1-4-10(5-2)15-9-14-16-12-7-6-11(18-3)8-13(12)17-14/h6-8,10,15H,4-5,9H2,1-3H3,(H,16,17). The molecule has 0 amide bonds. The van der Waals surface area contributed by atoms with Crippen LogP contribution in [0.3, 0.4) is 0 Å². The number of hydrogen-bond donors (Lipinski definition) is 2. The summed E-state index contributed by atoms with van der Waals surface area (Å²) in [5.74, 6) is 1.83. The Hall–Kier alpha value is -1.55. The molecule has 0 fully saturated rings. The van der Waals surface area contributed by atoms with E-state index in [1.165, 1.54) is 0 Å². The van der Waals surface area contributed by atoms with Gasteiger partial charge >= 0.3 is 0 Å². The summed E-state index contributed by atoms with van der Waals surface area (Å²) in [4.78, 5) is 7.88. The number of methoxy groups -OCH3 is 1. The number of nitrogens with zero attached hydrogens (tertiary/aromatic N) is 1. The summed E-state index contributed by atoms with van der Waals surface area (Å²) in [6.07, 6.45) is 2.29. The number of benzene rings is 1. The minimum absolute atomic E-state index is 0.563. The van der Waals surface area contributed by atoms with Gasteiger partial charge in [0.05, 0.1) is 24.7 Å². The van der Waals surface area contributed by atoms with Crippen molar-refractivity contribution in [2.24, 2.45) is 0 Å². The fraction of sp³-hybridized carbons (Fsp3) is 0.500. The first-order chi connectivity index (χ1) is 8.76. The van der Waals surface area contributed by atoms with Gasteiger partial charge in [-0.1, -0.05) is 13.8 Å². The molecule has 0 aliphatic carbocycles. The van der Waals surface area contributed by atoms with E-state index in [9.17, 15) is 0 Å². The molecule has 2 N–H and O–H groups in total. The Morgan fingerprint density at radius 2 is 2.11 bits per heavy atom. The maximum absolute atomic E-state index is 5.20. The Bertz CT molecular complexity index is 503. The van der Waals surface area contributed by atoms with Crippen molar-refractivity contribution in [3.8, 4) is 5.75 Å². The van der Waals surface area contributed by atoms with Gasteiger partial charge < -0.3 is 15.0 Å². The minimum atomic E-state index is 0.563. The van der Waals surface area contributed by atoms with Crippen LogP contribution in [0.2, 0.25) is 0 Å². The van der Waals surface area contributed by atoms with Crippen LogP contribution in [0.15, 0.2) is 18.2 Å². The smallest absolute Gasteiger partial charge is 0.121 e. The van der Waals surface area contributed by atoms with Gasteiger partial charge in [0.15, 0.2) is 0 Å². The molecule has 0 radical (unpaired) electrons. The van der Waals surface area contributed by atoms with Crippen LogP contribution in [0.1, 0.15) is 32.5 Å². The lowest BCUT2D eigenvalue weighted by Crippen LogP contribution is -2.27. The van der Waals surface area contributed by atoms with E-state index >= 15 is 0 Å². The molecule has 2 aromatic rings. The first-order valence-electron chi connectivity index (χ1n) is 6.52. The van der Waals surface area contributed by atoms with Crippen molar-refractivity contribution in [1.82, 2.24) is 15.3 Å². The molecule has 1 aromatic carbocycles. The molecule has 4 heteroatoms. The van der Waals surface area contributed by atoms with E-state index in [0.717, 1.165) is 42.0 Å². The summed E-state index contributed by atoms with van der Waals surface area (Å²) in [6.45, 7) is 5.18. The highest BCUT2D eigenvalue weighted by Crippen LogP contribution is 2.18. The SMILES string of the molecule is CCC(CC)NCc1nc2ccc(OC)cc2[nH]1. The van der Waals surface area contributed by atoms with Gasteiger partial charge in [-0.3, -0.25) is 0 Å². The molecule has 0 saturated heterocycles. The van der Waals surface area contributed by atoms with Gasteiger partial charge in [0, 0.05) is 12.1 Å². The molecule has 0 atom stereocenters. The molecule has 98 valence electrons. The molecule has 1 heterocycles. The van der Waals surface area contributed by atoms with Gasteiger partial charge in [0.2, 0.25) is 0 Å². The van der Waals surface area contributed by atoms with Gasteiger partial charge in [-0.15, -0.1) is 0 Å². The Balaban J connectivity index is 2.10. The van der Waals surface area contributed by atoms with Crippen molar-refractivity contribution in [2.75, 3.05) is 7.11 Å². The second-order valence-corrected chi connectivity index (χ2v) is 4.46. The predicted octanol–water partition coefficient (Wildman–Crippen LogP) is 2.85. The van der Waals surface area contributed by atoms with Gasteiger partial charge in [-0.25, -0.2) is 4.98 Å². The van der Waals surface area contributed by atoms with Crippen LogP contribution in [-0.4, -0.2) is 23.1 Å². The van der Waals surface area contributed by atoms with Crippen LogP contribution in [0.5, 0.6) is 5.75 Å². The van der Waals surface area contributed by atoms with Gasteiger partial charge in [0.1, 0.15) is 11.6 Å². The number of hydrogen-bond acceptors (Lipinski definition) is 3. The first-order valence-corrected chi connectivity index (χ1v) is 6.52. The first kappa shape index (κ1) is 12.9. The number of aromatic nitrogens is 2. The molecule has 18 heavy (non-hydrogen) atoms. The number of rotatable bonds is 6. The summed E-state index contributed by atoms with van der Waals surface area (Å²) in [5, 5.41) is 3.50. The van der Waals surface area contributed by atoms with Gasteiger partial charge in [-0.05, 0) is 25.0 Å². The Morgan fingerprint density at radius 1 is 1.33 bits per heavy atom. The number of nitrogens with one attached hydrogen (secondary N) is 2. The molecule has 2 rings (SSSR count). The molecular formula is C14H21N3O. The third-order valence-electron chi connectivity index (χ3n) is 3.28. The fourth-order valence-electron chi connectivity index (χ4n) is 2.07. The number of H-pyrrole nitrogens is 1. The zero-order valence-electron chi connectivity index (χ0n) is 11.3. The van der Waals surface area contributed by atoms with Crippen LogP contribution in [0.25, 0.3) is 11.0 Å². The topological polar surface area (TPSA) is 49.9 Å². The summed E-state index contributed by atoms with van der Waals surface area (Å²) in [5.41, 5.74) is 2.01. The second kappa shape index (κ2) is 5.87. The van der Waals surface area contributed by atoms with Crippen LogP contribution in [0, 0.1) is 0 Å². The van der Waals surface area contributed by atoms with E-state index in [1.807, 2.05) is 18.2 Å². The van der Waals surface area contributed by atoms with Crippen molar-refractivity contribution >= 4 is 11.0 Å². The van der Waals surface area contributed by atoms with E-state index in [2.05, 4.69) is 29.1 Å². The maximum atomic E-state index is 5.20. The van der Waals surface area contributed by atoms with E-state index in [-0.39, 0.29) is 0 Å². The summed E-state index contributed by atoms with van der Waals surface area (Å²) < 4.78 is 5.20. The summed E-state index contributed by atoms with van der Waals surface area (Å²) in [6, 6.07) is 6.45. The van der Waals surface area contributed by atoms with E-state index in [1.54, 1.807) is 7.11 Å². The molecule has 1 aromatic heterocycles. The highest BCUT2D eigenvalue weighted by atomic mass is 16.5. The maximum Gasteiger partial charge on any atom is 0.121 e. The van der Waals surface area contributed by atoms with Crippen LogP contribution in [0.4, 0.5) is 0 Å². The second-order valence-electron chi connectivity index (χ2n) is 4.46. The molecule has 0 bridgehead atoms. The average molecular weight is 247 g/mol. The van der Waals surface area contributed by atoms with Crippen molar-refractivity contribution in [2.45, 2.75) is 39.3 Å². The molecule has 0 aliphatic heterocycles. The lowest BCUT2D eigenvalue weighted by Gasteiger charge is -2.12. The van der Waals surface area contributed by atoms with E-state index < -0.39 is 0 Å². The Kier molecular flexibility index (Phi) is 4.20. The Morgan fingerprint density at radius 3 is 2.78 bits per heavy atom. The highest BCUT2D eigenvalue weighted by molar-refractivity contribution is 5.76. The third kappa shape index (κ3) is 2.82. The normalized spacial score (nSPS) is 11.3. The molecule has 0 aliphatic rings. The fourth-order valence-corrected chi connectivity index (χ4v) is 2.07. The lowest BCUT2D eigenvalue weighted by atomic mass is 10.2. The van der Waals surface area contributed by atoms with Crippen LogP contribution >= 0.6 is 0 Å². The molecule has 0 saturated carbocycles. The number of ether oxygens (including phenoxy) is 1. The summed E-state index contributed by atoms with van der Waals surface area (Å²) in [7, 11) is 1.67. The highest BCUT2D eigenvalue weighted by Gasteiger charge is 2.06. The van der Waals surface area contributed by atoms with E-state index in [0.29, 0.717) is 6.04 Å². The van der Waals surface area contributed by atoms with Crippen molar-refractivity contribution in [3.63, 3.8) is 0 Å². The van der Waals surface area contributed by atoms with Crippen LogP contribution in [-0.2, 0) is 6.54 Å². The molecule has 4 nitrogen and oxygen atoms in total. The predicted molar refractivity (Wildman–Crippen MR) is 73.9 cm³/mol.